The van der Waals surface area contributed by atoms with Crippen LogP contribution in [0.2, 0.25) is 0 Å². The number of methoxy groups -OCH3 is 1. The summed E-state index contributed by atoms with van der Waals surface area (Å²) in [6, 6.07) is 11.5. The molecule has 1 saturated heterocycles. The SMILES string of the molecule is COc1cccc(NC(=O)CN2C(=O)N(Cc3ccc(F)cc3)C(=O)C3SC=CC32)c1. The lowest BCUT2D eigenvalue weighted by Gasteiger charge is -2.40. The summed E-state index contributed by atoms with van der Waals surface area (Å²) in [4.78, 5) is 41.2. The molecule has 2 aliphatic rings. The topological polar surface area (TPSA) is 79.0 Å². The van der Waals surface area contributed by atoms with Gasteiger partial charge in [-0.15, -0.1) is 11.8 Å². The van der Waals surface area contributed by atoms with Crippen molar-refractivity contribution in [2.45, 2.75) is 17.8 Å². The highest BCUT2D eigenvalue weighted by molar-refractivity contribution is 8.03. The maximum Gasteiger partial charge on any atom is 0.328 e. The van der Waals surface area contributed by atoms with Crippen LogP contribution in [0.5, 0.6) is 5.75 Å². The van der Waals surface area contributed by atoms with Crippen molar-refractivity contribution < 1.29 is 23.5 Å². The monoisotopic (exact) mass is 441 g/mol. The van der Waals surface area contributed by atoms with Crippen molar-refractivity contribution in [1.29, 1.82) is 0 Å². The van der Waals surface area contributed by atoms with Gasteiger partial charge in [0.2, 0.25) is 11.8 Å². The minimum absolute atomic E-state index is 0.00965. The van der Waals surface area contributed by atoms with E-state index in [9.17, 15) is 18.8 Å². The minimum Gasteiger partial charge on any atom is -0.497 e. The predicted octanol–water partition coefficient (Wildman–Crippen LogP) is 3.23. The van der Waals surface area contributed by atoms with E-state index in [-0.39, 0.29) is 24.9 Å². The summed E-state index contributed by atoms with van der Waals surface area (Å²) in [5.41, 5.74) is 1.17. The second-order valence-electron chi connectivity index (χ2n) is 7.12. The van der Waals surface area contributed by atoms with E-state index in [0.717, 1.165) is 4.90 Å². The Morgan fingerprint density at radius 2 is 1.97 bits per heavy atom. The Balaban J connectivity index is 1.51. The average molecular weight is 441 g/mol. The van der Waals surface area contributed by atoms with Gasteiger partial charge in [0.25, 0.3) is 0 Å². The first-order valence-electron chi connectivity index (χ1n) is 9.59. The number of carbonyl (C=O) groups is 3. The summed E-state index contributed by atoms with van der Waals surface area (Å²) in [5.74, 6) is -0.509. The van der Waals surface area contributed by atoms with Gasteiger partial charge in [-0.3, -0.25) is 14.5 Å². The quantitative estimate of drug-likeness (QED) is 0.745. The number of hydrogen-bond donors (Lipinski definition) is 1. The van der Waals surface area contributed by atoms with E-state index in [1.165, 1.54) is 48.0 Å². The molecule has 2 aromatic rings. The number of nitrogens with one attached hydrogen (secondary N) is 1. The molecule has 2 heterocycles. The third-order valence-corrected chi connectivity index (χ3v) is 6.17. The number of ether oxygens (including phenoxy) is 1. The third-order valence-electron chi connectivity index (χ3n) is 5.08. The summed E-state index contributed by atoms with van der Waals surface area (Å²) in [6.07, 6.45) is 1.76. The van der Waals surface area contributed by atoms with E-state index in [1.54, 1.807) is 35.7 Å². The van der Waals surface area contributed by atoms with Gasteiger partial charge in [0.1, 0.15) is 23.4 Å². The fraction of sp³-hybridized carbons (Fsp3) is 0.227. The number of imide groups is 1. The molecule has 2 aliphatic heterocycles. The van der Waals surface area contributed by atoms with Gasteiger partial charge in [0.15, 0.2) is 0 Å². The minimum atomic E-state index is -0.552. The normalized spacial score (nSPS) is 20.1. The van der Waals surface area contributed by atoms with Gasteiger partial charge in [-0.2, -0.15) is 0 Å². The number of hydrogen-bond acceptors (Lipinski definition) is 5. The Kier molecular flexibility index (Phi) is 5.94. The smallest absolute Gasteiger partial charge is 0.328 e. The van der Waals surface area contributed by atoms with Crippen LogP contribution in [0.4, 0.5) is 14.9 Å². The van der Waals surface area contributed by atoms with Gasteiger partial charge < -0.3 is 15.0 Å². The zero-order valence-electron chi connectivity index (χ0n) is 16.7. The van der Waals surface area contributed by atoms with Crippen LogP contribution in [0, 0.1) is 5.82 Å². The van der Waals surface area contributed by atoms with Gasteiger partial charge in [0.05, 0.1) is 19.7 Å². The van der Waals surface area contributed by atoms with E-state index in [2.05, 4.69) is 5.32 Å². The Morgan fingerprint density at radius 3 is 2.71 bits per heavy atom. The number of nitrogens with zero attached hydrogens (tertiary/aromatic N) is 2. The van der Waals surface area contributed by atoms with Gasteiger partial charge in [0, 0.05) is 11.8 Å². The Hall–Kier alpha value is -3.33. The fourth-order valence-corrected chi connectivity index (χ4v) is 4.60. The lowest BCUT2D eigenvalue weighted by atomic mass is 10.1. The van der Waals surface area contributed by atoms with Crippen molar-refractivity contribution in [1.82, 2.24) is 9.80 Å². The summed E-state index contributed by atoms with van der Waals surface area (Å²) in [5, 5.41) is 4.02. The predicted molar refractivity (Wildman–Crippen MR) is 115 cm³/mol. The Bertz CT molecular complexity index is 1040. The standard InChI is InChI=1S/C22H20FN3O4S/c1-30-17-4-2-3-16(11-17)24-19(27)13-25-18-9-10-31-20(18)21(28)26(22(25)29)12-14-5-7-15(23)8-6-14/h2-11,18,20H,12-13H2,1H3,(H,24,27). The van der Waals surface area contributed by atoms with Gasteiger partial charge >= 0.3 is 6.03 Å². The summed E-state index contributed by atoms with van der Waals surface area (Å²) >= 11 is 1.32. The zero-order valence-corrected chi connectivity index (χ0v) is 17.5. The zero-order chi connectivity index (χ0) is 22.0. The molecule has 0 aromatic heterocycles. The highest BCUT2D eigenvalue weighted by atomic mass is 32.2. The lowest BCUT2D eigenvalue weighted by Crippen LogP contribution is -2.62. The number of anilines is 1. The molecule has 2 atom stereocenters. The van der Waals surface area contributed by atoms with Crippen LogP contribution in [-0.2, 0) is 16.1 Å². The Morgan fingerprint density at radius 1 is 1.19 bits per heavy atom. The van der Waals surface area contributed by atoms with Crippen molar-refractivity contribution >= 4 is 35.3 Å². The van der Waals surface area contributed by atoms with E-state index >= 15 is 0 Å². The van der Waals surface area contributed by atoms with Crippen molar-refractivity contribution in [3.8, 4) is 5.75 Å². The molecule has 0 bridgehead atoms. The van der Waals surface area contributed by atoms with Crippen LogP contribution in [-0.4, -0.2) is 52.6 Å². The third kappa shape index (κ3) is 4.41. The van der Waals surface area contributed by atoms with Crippen LogP contribution in [0.25, 0.3) is 0 Å². The fourth-order valence-electron chi connectivity index (χ4n) is 3.54. The maximum atomic E-state index is 13.2. The molecular formula is C22H20FN3O4S. The molecule has 2 unspecified atom stereocenters. The van der Waals surface area contributed by atoms with E-state index in [1.807, 2.05) is 0 Å². The lowest BCUT2D eigenvalue weighted by molar-refractivity contribution is -0.132. The van der Waals surface area contributed by atoms with Gasteiger partial charge in [-0.1, -0.05) is 24.3 Å². The molecule has 160 valence electrons. The van der Waals surface area contributed by atoms with E-state index in [0.29, 0.717) is 17.0 Å². The summed E-state index contributed by atoms with van der Waals surface area (Å²) in [6.45, 7) is -0.203. The largest absolute Gasteiger partial charge is 0.497 e. The number of rotatable bonds is 6. The van der Waals surface area contributed by atoms with Crippen molar-refractivity contribution in [3.05, 3.63) is 71.4 Å². The van der Waals surface area contributed by atoms with Crippen molar-refractivity contribution in [2.75, 3.05) is 19.0 Å². The van der Waals surface area contributed by atoms with E-state index in [4.69, 9.17) is 4.74 Å². The average Bonchev–Trinajstić information content (AvgIpc) is 3.26. The van der Waals surface area contributed by atoms with Gasteiger partial charge in [-0.25, -0.2) is 9.18 Å². The highest BCUT2D eigenvalue weighted by Crippen LogP contribution is 2.35. The maximum absolute atomic E-state index is 13.2. The summed E-state index contributed by atoms with van der Waals surface area (Å²) < 4.78 is 18.4. The van der Waals surface area contributed by atoms with E-state index < -0.39 is 23.1 Å². The molecule has 1 fully saturated rings. The van der Waals surface area contributed by atoms with Crippen molar-refractivity contribution in [2.24, 2.45) is 0 Å². The first kappa shape index (κ1) is 20.9. The Labute approximate surface area is 182 Å². The second kappa shape index (κ2) is 8.81. The first-order chi connectivity index (χ1) is 15.0. The molecule has 9 heteroatoms. The van der Waals surface area contributed by atoms with Crippen LogP contribution in [0.15, 0.2) is 60.0 Å². The molecule has 4 amide bonds. The number of halogens is 1. The molecule has 1 N–H and O–H groups in total. The molecule has 0 aliphatic carbocycles. The van der Waals surface area contributed by atoms with Crippen LogP contribution >= 0.6 is 11.8 Å². The first-order valence-corrected chi connectivity index (χ1v) is 10.5. The van der Waals surface area contributed by atoms with Crippen LogP contribution in [0.1, 0.15) is 5.56 Å². The van der Waals surface area contributed by atoms with Crippen LogP contribution < -0.4 is 10.1 Å². The van der Waals surface area contributed by atoms with Crippen LogP contribution in [0.3, 0.4) is 0 Å². The number of thioether (sulfide) groups is 1. The molecule has 0 radical (unpaired) electrons. The van der Waals surface area contributed by atoms with Crippen molar-refractivity contribution in [3.63, 3.8) is 0 Å². The molecule has 0 saturated carbocycles. The number of amides is 4. The number of carbonyl (C=O) groups excluding carboxylic acids is 3. The number of urea groups is 1. The number of benzene rings is 2. The summed E-state index contributed by atoms with van der Waals surface area (Å²) in [7, 11) is 1.53. The molecule has 31 heavy (non-hydrogen) atoms. The second-order valence-corrected chi connectivity index (χ2v) is 8.17. The highest BCUT2D eigenvalue weighted by Gasteiger charge is 2.47. The molecule has 0 spiro atoms. The van der Waals surface area contributed by atoms with Gasteiger partial charge in [-0.05, 0) is 35.2 Å². The molecule has 2 aromatic carbocycles. The molecule has 7 nitrogen and oxygen atoms in total. The molecular weight excluding hydrogens is 421 g/mol. The molecule has 4 rings (SSSR count). The number of fused-ring (bicyclic) bond motifs is 1.